The normalized spacial score (nSPS) is 29.6. The minimum Gasteiger partial charge on any atom is -0.103 e. The first kappa shape index (κ1) is 33.3. The highest BCUT2D eigenvalue weighted by Gasteiger charge is 2.61. The van der Waals surface area contributed by atoms with Gasteiger partial charge >= 0.3 is 0 Å². The fraction of sp³-hybridized carbons (Fsp3) is 0.511. The molecular formula is C45H60Si. The Morgan fingerprint density at radius 1 is 0.696 bits per heavy atom. The van der Waals surface area contributed by atoms with Crippen molar-refractivity contribution >= 4 is 8.07 Å². The molecule has 0 saturated heterocycles. The van der Waals surface area contributed by atoms with E-state index in [9.17, 15) is 0 Å². The van der Waals surface area contributed by atoms with E-state index in [2.05, 4.69) is 164 Å². The van der Waals surface area contributed by atoms with Crippen molar-refractivity contribution < 1.29 is 0 Å². The van der Waals surface area contributed by atoms with E-state index in [1.165, 1.54) is 42.9 Å². The van der Waals surface area contributed by atoms with Crippen molar-refractivity contribution in [1.29, 1.82) is 0 Å². The van der Waals surface area contributed by atoms with Gasteiger partial charge in [0.05, 0.1) is 8.07 Å². The Balaban J connectivity index is 1.61. The highest BCUT2D eigenvalue weighted by atomic mass is 28.3. The van der Waals surface area contributed by atoms with Gasteiger partial charge in [-0.1, -0.05) is 170 Å². The van der Waals surface area contributed by atoms with Gasteiger partial charge in [-0.05, 0) is 93.4 Å². The zero-order chi connectivity index (χ0) is 32.9. The van der Waals surface area contributed by atoms with Crippen LogP contribution in [0.25, 0.3) is 0 Å². The van der Waals surface area contributed by atoms with Gasteiger partial charge in [-0.25, -0.2) is 0 Å². The molecule has 6 unspecified atom stereocenters. The summed E-state index contributed by atoms with van der Waals surface area (Å²) < 4.78 is 0. The third kappa shape index (κ3) is 5.84. The van der Waals surface area contributed by atoms with Crippen molar-refractivity contribution in [1.82, 2.24) is 0 Å². The zero-order valence-electron chi connectivity index (χ0n) is 30.1. The Morgan fingerprint density at radius 2 is 1.17 bits per heavy atom. The summed E-state index contributed by atoms with van der Waals surface area (Å²) in [4.78, 5) is 0. The van der Waals surface area contributed by atoms with E-state index in [-0.39, 0.29) is 16.2 Å². The second kappa shape index (κ2) is 12.4. The molecule has 6 rings (SSSR count). The number of rotatable bonds is 8. The summed E-state index contributed by atoms with van der Waals surface area (Å²) in [7, 11) is -1.41. The molecule has 4 aliphatic rings. The van der Waals surface area contributed by atoms with Crippen LogP contribution < -0.4 is 0 Å². The summed E-state index contributed by atoms with van der Waals surface area (Å²) in [6.45, 7) is 23.8. The molecule has 0 N–H and O–H groups in total. The molecule has 6 atom stereocenters. The lowest BCUT2D eigenvalue weighted by atomic mass is 9.53. The van der Waals surface area contributed by atoms with Crippen LogP contribution in [0.5, 0.6) is 0 Å². The molecule has 0 aromatic heterocycles. The molecule has 244 valence electrons. The van der Waals surface area contributed by atoms with Crippen molar-refractivity contribution in [3.8, 4) is 0 Å². The monoisotopic (exact) mass is 628 g/mol. The minimum atomic E-state index is -1.41. The van der Waals surface area contributed by atoms with Crippen LogP contribution in [0.3, 0.4) is 0 Å². The van der Waals surface area contributed by atoms with E-state index in [0.29, 0.717) is 35.5 Å². The Hall–Kier alpha value is -2.64. The molecule has 2 aromatic rings. The molecule has 4 aliphatic carbocycles. The Kier molecular flexibility index (Phi) is 8.99. The quantitative estimate of drug-likeness (QED) is 0.201. The number of fused-ring (bicyclic) bond motifs is 3. The lowest BCUT2D eigenvalue weighted by Crippen LogP contribution is -2.48. The van der Waals surface area contributed by atoms with Crippen molar-refractivity contribution in [2.75, 3.05) is 0 Å². The van der Waals surface area contributed by atoms with Crippen LogP contribution in [0.2, 0.25) is 24.7 Å². The molecule has 2 fully saturated rings. The second-order valence-electron chi connectivity index (χ2n) is 17.9. The molecule has 0 bridgehead atoms. The third-order valence-electron chi connectivity index (χ3n) is 12.8. The third-order valence-corrected chi connectivity index (χ3v) is 17.2. The first-order chi connectivity index (χ1) is 21.8. The molecule has 46 heavy (non-hydrogen) atoms. The van der Waals surface area contributed by atoms with E-state index >= 15 is 0 Å². The van der Waals surface area contributed by atoms with Gasteiger partial charge in [0, 0.05) is 5.41 Å². The van der Waals surface area contributed by atoms with Gasteiger partial charge in [0.15, 0.2) is 0 Å². The van der Waals surface area contributed by atoms with Crippen molar-refractivity contribution in [3.05, 3.63) is 132 Å². The summed E-state index contributed by atoms with van der Waals surface area (Å²) in [5.74, 6) is 3.10. The first-order valence-corrected chi connectivity index (χ1v) is 21.6. The summed E-state index contributed by atoms with van der Waals surface area (Å²) in [6, 6.07) is 25.1. The topological polar surface area (TPSA) is 0 Å². The predicted octanol–water partition coefficient (Wildman–Crippen LogP) is 12.6. The van der Waals surface area contributed by atoms with Crippen molar-refractivity contribution in [2.24, 2.45) is 46.3 Å². The highest BCUT2D eigenvalue weighted by molar-refractivity contribution is 6.78. The van der Waals surface area contributed by atoms with E-state index < -0.39 is 8.07 Å². The van der Waals surface area contributed by atoms with Crippen LogP contribution in [-0.4, -0.2) is 8.07 Å². The number of hydrogen-bond donors (Lipinski definition) is 0. The maximum absolute atomic E-state index is 4.10. The average molecular weight is 629 g/mol. The van der Waals surface area contributed by atoms with Crippen LogP contribution in [0.4, 0.5) is 0 Å². The lowest BCUT2D eigenvalue weighted by Gasteiger charge is -2.50. The van der Waals surface area contributed by atoms with Gasteiger partial charge in [-0.2, -0.15) is 0 Å². The SMILES string of the molecule is C=CCC[Si](C)(C)C1CCC(C(c2ccccc2)(c2ccccc2)C2C3C=C(C(C)(C)C)C=CC3C3C=CC(C(C)(C)C)=CC32)C1. The molecule has 0 heterocycles. The van der Waals surface area contributed by atoms with Crippen molar-refractivity contribution in [3.63, 3.8) is 0 Å². The van der Waals surface area contributed by atoms with E-state index in [1.54, 1.807) is 11.1 Å². The Labute approximate surface area is 282 Å². The minimum absolute atomic E-state index is 0.0716. The Morgan fingerprint density at radius 3 is 1.61 bits per heavy atom. The van der Waals surface area contributed by atoms with Gasteiger partial charge in [-0.15, -0.1) is 6.58 Å². The van der Waals surface area contributed by atoms with Gasteiger partial charge in [0.2, 0.25) is 0 Å². The van der Waals surface area contributed by atoms with E-state index in [4.69, 9.17) is 0 Å². The summed E-state index contributed by atoms with van der Waals surface area (Å²) in [5.41, 5.74) is 7.16. The summed E-state index contributed by atoms with van der Waals surface area (Å²) in [5, 5.41) is 0. The molecule has 1 heteroatoms. The molecular weight excluding hydrogens is 569 g/mol. The smallest absolute Gasteiger partial charge is 0.0508 e. The molecule has 0 radical (unpaired) electrons. The number of hydrogen-bond acceptors (Lipinski definition) is 0. The zero-order valence-corrected chi connectivity index (χ0v) is 31.1. The molecule has 0 nitrogen and oxygen atoms in total. The van der Waals surface area contributed by atoms with Crippen LogP contribution in [-0.2, 0) is 5.41 Å². The first-order valence-electron chi connectivity index (χ1n) is 18.3. The number of allylic oxidation sites excluding steroid dienone is 9. The van der Waals surface area contributed by atoms with Crippen LogP contribution >= 0.6 is 0 Å². The average Bonchev–Trinajstić information content (AvgIpc) is 3.65. The van der Waals surface area contributed by atoms with Crippen LogP contribution in [0.1, 0.15) is 78.4 Å². The number of benzene rings is 2. The lowest BCUT2D eigenvalue weighted by molar-refractivity contribution is 0.157. The van der Waals surface area contributed by atoms with Crippen LogP contribution in [0.15, 0.2) is 121 Å². The largest absolute Gasteiger partial charge is 0.103 e. The maximum atomic E-state index is 4.10. The van der Waals surface area contributed by atoms with Gasteiger partial charge in [0.25, 0.3) is 0 Å². The summed E-state index contributed by atoms with van der Waals surface area (Å²) >= 11 is 0. The van der Waals surface area contributed by atoms with Gasteiger partial charge in [0.1, 0.15) is 0 Å². The molecule has 0 amide bonds. The molecule has 0 aliphatic heterocycles. The Bertz CT molecular complexity index is 1410. The maximum Gasteiger partial charge on any atom is 0.0508 e. The van der Waals surface area contributed by atoms with Gasteiger partial charge in [-0.3, -0.25) is 0 Å². The predicted molar refractivity (Wildman–Crippen MR) is 203 cm³/mol. The standard InChI is InChI=1S/C45H60Si/c1-10-11-28-46(8,9)37-25-22-36(29-37)45(32-18-14-12-15-19-32,33-20-16-13-17-21-33)42-40-30-34(43(2,3)4)23-26-38(40)39-27-24-35(31-41(39)42)44(5,6)7/h10,12-21,23-24,26-27,30-31,36-42H,1,11,22,25,28-29H2,2-9H3. The molecule has 2 aromatic carbocycles. The van der Waals surface area contributed by atoms with E-state index in [1.807, 2.05) is 0 Å². The fourth-order valence-electron chi connectivity index (χ4n) is 10.3. The van der Waals surface area contributed by atoms with Crippen molar-refractivity contribution in [2.45, 2.75) is 97.3 Å². The van der Waals surface area contributed by atoms with Crippen LogP contribution in [0, 0.1) is 46.3 Å². The van der Waals surface area contributed by atoms with E-state index in [0.717, 1.165) is 5.54 Å². The fourth-order valence-corrected chi connectivity index (χ4v) is 13.5. The second-order valence-corrected chi connectivity index (χ2v) is 23.2. The highest BCUT2D eigenvalue weighted by Crippen LogP contribution is 2.66. The van der Waals surface area contributed by atoms with Gasteiger partial charge < -0.3 is 0 Å². The molecule has 0 spiro atoms. The summed E-state index contributed by atoms with van der Waals surface area (Å²) in [6.07, 6.45) is 23.1. The molecule has 2 saturated carbocycles.